The Hall–Kier alpha value is -1.80. The van der Waals surface area contributed by atoms with Crippen LogP contribution < -0.4 is 5.32 Å². The molecule has 2 rings (SSSR count). The summed E-state index contributed by atoms with van der Waals surface area (Å²) in [6.07, 6.45) is 1.19. The first-order chi connectivity index (χ1) is 9.65. The van der Waals surface area contributed by atoms with E-state index in [9.17, 15) is 14.4 Å². The van der Waals surface area contributed by atoms with Crippen LogP contribution in [0.1, 0.15) is 31.2 Å². The summed E-state index contributed by atoms with van der Waals surface area (Å²) in [5.74, 6) is 0.138. The number of benzene rings is 1. The van der Waals surface area contributed by atoms with Gasteiger partial charge < -0.3 is 5.32 Å². The lowest BCUT2D eigenvalue weighted by Gasteiger charge is -2.25. The van der Waals surface area contributed by atoms with Gasteiger partial charge in [0.25, 0.3) is 0 Å². The zero-order valence-electron chi connectivity index (χ0n) is 11.1. The minimum absolute atomic E-state index is 0.100. The summed E-state index contributed by atoms with van der Waals surface area (Å²) in [6, 6.07) is 8.18. The monoisotopic (exact) mass is 290 g/mol. The number of carbonyl (C=O) groups is 1. The van der Waals surface area contributed by atoms with Crippen molar-refractivity contribution in [3.05, 3.63) is 46.2 Å². The number of nitriles is 1. The van der Waals surface area contributed by atoms with Gasteiger partial charge in [-0.1, -0.05) is 19.1 Å². The van der Waals surface area contributed by atoms with Gasteiger partial charge in [0.05, 0.1) is 16.7 Å². The average molecular weight is 290 g/mol. The molecule has 0 fully saturated rings. The number of thioether (sulfide) groups is 1. The highest BCUT2D eigenvalue weighted by Gasteiger charge is 2.29. The molecule has 1 aromatic rings. The van der Waals surface area contributed by atoms with Gasteiger partial charge in [-0.2, -0.15) is 5.26 Å². The molecule has 1 N–H and O–H groups in total. The van der Waals surface area contributed by atoms with Crippen LogP contribution in [-0.4, -0.2) is 11.7 Å². The maximum Gasteiger partial charge on any atom is 0.225 e. The summed E-state index contributed by atoms with van der Waals surface area (Å²) in [5.41, 5.74) is 1.36. The summed E-state index contributed by atoms with van der Waals surface area (Å²) in [7, 11) is 0. The van der Waals surface area contributed by atoms with Crippen molar-refractivity contribution in [2.45, 2.75) is 25.7 Å². The Morgan fingerprint density at radius 2 is 2.15 bits per heavy atom. The van der Waals surface area contributed by atoms with Gasteiger partial charge in [0.1, 0.15) is 5.82 Å². The maximum absolute atomic E-state index is 13.0. The summed E-state index contributed by atoms with van der Waals surface area (Å²) in [6.45, 7) is 2.04. The molecular weight excluding hydrogens is 275 g/mol. The van der Waals surface area contributed by atoms with Crippen molar-refractivity contribution in [3.8, 4) is 6.07 Å². The van der Waals surface area contributed by atoms with Crippen molar-refractivity contribution < 1.29 is 9.18 Å². The standard InChI is InChI=1S/C15H15FN2OS/c1-2-7-20-15-13(9-17)12(8-14(19)18-15)10-3-5-11(16)6-4-10/h3-6,12H,2,7-8H2,1H3,(H,18,19). The molecule has 20 heavy (non-hydrogen) atoms. The number of nitrogens with zero attached hydrogens (tertiary/aromatic N) is 1. The number of amides is 1. The van der Waals surface area contributed by atoms with Gasteiger partial charge in [-0.25, -0.2) is 4.39 Å². The third-order valence-electron chi connectivity index (χ3n) is 3.08. The van der Waals surface area contributed by atoms with Crippen molar-refractivity contribution in [3.63, 3.8) is 0 Å². The van der Waals surface area contributed by atoms with Gasteiger partial charge >= 0.3 is 0 Å². The molecule has 104 valence electrons. The number of nitrogens with one attached hydrogen (secondary N) is 1. The summed E-state index contributed by atoms with van der Waals surface area (Å²) in [4.78, 5) is 11.8. The molecule has 1 aromatic carbocycles. The van der Waals surface area contributed by atoms with E-state index in [0.717, 1.165) is 17.7 Å². The lowest BCUT2D eigenvalue weighted by molar-refractivity contribution is -0.120. The molecule has 0 saturated heterocycles. The minimum Gasteiger partial charge on any atom is -0.320 e. The SMILES string of the molecule is CCCSC1=C(C#N)C(c2ccc(F)cc2)CC(=O)N1. The van der Waals surface area contributed by atoms with E-state index in [4.69, 9.17) is 0 Å². The smallest absolute Gasteiger partial charge is 0.225 e. The lowest BCUT2D eigenvalue weighted by atomic mass is 9.87. The molecule has 1 amide bonds. The zero-order valence-corrected chi connectivity index (χ0v) is 12.0. The van der Waals surface area contributed by atoms with E-state index < -0.39 is 0 Å². The fraction of sp³-hybridized carbons (Fsp3) is 0.333. The summed E-state index contributed by atoms with van der Waals surface area (Å²) in [5, 5.41) is 12.8. The van der Waals surface area contributed by atoms with E-state index in [-0.39, 0.29) is 24.1 Å². The number of carbonyl (C=O) groups excluding carboxylic acids is 1. The van der Waals surface area contributed by atoms with E-state index in [0.29, 0.717) is 10.6 Å². The van der Waals surface area contributed by atoms with E-state index in [1.807, 2.05) is 6.92 Å². The van der Waals surface area contributed by atoms with E-state index >= 15 is 0 Å². The molecule has 1 aliphatic rings. The van der Waals surface area contributed by atoms with Crippen LogP contribution in [0.4, 0.5) is 4.39 Å². The molecule has 3 nitrogen and oxygen atoms in total. The number of rotatable bonds is 4. The Morgan fingerprint density at radius 3 is 2.75 bits per heavy atom. The van der Waals surface area contributed by atoms with Crippen LogP contribution in [0.3, 0.4) is 0 Å². The van der Waals surface area contributed by atoms with Gasteiger partial charge in [-0.3, -0.25) is 4.79 Å². The molecule has 5 heteroatoms. The molecule has 1 atom stereocenters. The van der Waals surface area contributed by atoms with E-state index in [2.05, 4.69) is 11.4 Å². The first kappa shape index (κ1) is 14.6. The van der Waals surface area contributed by atoms with Crippen LogP contribution in [0.25, 0.3) is 0 Å². The molecule has 0 radical (unpaired) electrons. The van der Waals surface area contributed by atoms with Crippen LogP contribution in [0.15, 0.2) is 34.9 Å². The lowest BCUT2D eigenvalue weighted by Crippen LogP contribution is -2.30. The largest absolute Gasteiger partial charge is 0.320 e. The fourth-order valence-corrected chi connectivity index (χ4v) is 3.05. The highest BCUT2D eigenvalue weighted by molar-refractivity contribution is 8.03. The predicted molar refractivity (Wildman–Crippen MR) is 77.3 cm³/mol. The third kappa shape index (κ3) is 3.20. The number of allylic oxidation sites excluding steroid dienone is 1. The molecule has 0 spiro atoms. The van der Waals surface area contributed by atoms with Crippen molar-refractivity contribution in [2.24, 2.45) is 0 Å². The summed E-state index contributed by atoms with van der Waals surface area (Å²) < 4.78 is 13.0. The van der Waals surface area contributed by atoms with Crippen LogP contribution in [0.5, 0.6) is 0 Å². The highest BCUT2D eigenvalue weighted by atomic mass is 32.2. The second-order valence-electron chi connectivity index (χ2n) is 4.56. The van der Waals surface area contributed by atoms with Crippen molar-refractivity contribution in [1.29, 1.82) is 5.26 Å². The molecule has 0 saturated carbocycles. The van der Waals surface area contributed by atoms with Crippen molar-refractivity contribution in [2.75, 3.05) is 5.75 Å². The predicted octanol–water partition coefficient (Wildman–Crippen LogP) is 3.31. The first-order valence-electron chi connectivity index (χ1n) is 6.48. The molecule has 0 aliphatic carbocycles. The van der Waals surface area contributed by atoms with Gasteiger partial charge in [0, 0.05) is 12.3 Å². The van der Waals surface area contributed by atoms with Crippen LogP contribution >= 0.6 is 11.8 Å². The maximum atomic E-state index is 13.0. The van der Waals surface area contributed by atoms with Crippen LogP contribution in [0.2, 0.25) is 0 Å². The number of hydrogen-bond acceptors (Lipinski definition) is 3. The second kappa shape index (κ2) is 6.58. The Bertz CT molecular complexity index is 575. The van der Waals surface area contributed by atoms with Gasteiger partial charge in [0.15, 0.2) is 0 Å². The quantitative estimate of drug-likeness (QED) is 0.925. The highest BCUT2D eigenvalue weighted by Crippen LogP contribution is 2.35. The average Bonchev–Trinajstić information content (AvgIpc) is 2.45. The van der Waals surface area contributed by atoms with Crippen molar-refractivity contribution in [1.82, 2.24) is 5.32 Å². The second-order valence-corrected chi connectivity index (χ2v) is 5.66. The molecule has 0 bridgehead atoms. The minimum atomic E-state index is -0.322. The Kier molecular flexibility index (Phi) is 4.80. The van der Waals surface area contributed by atoms with E-state index in [1.165, 1.54) is 23.9 Å². The van der Waals surface area contributed by atoms with E-state index in [1.54, 1.807) is 12.1 Å². The van der Waals surface area contributed by atoms with Crippen molar-refractivity contribution >= 4 is 17.7 Å². The number of hydrogen-bond donors (Lipinski definition) is 1. The number of halogens is 1. The first-order valence-corrected chi connectivity index (χ1v) is 7.46. The fourth-order valence-electron chi connectivity index (χ4n) is 2.12. The van der Waals surface area contributed by atoms with Gasteiger partial charge in [-0.15, -0.1) is 11.8 Å². The van der Waals surface area contributed by atoms with Crippen LogP contribution in [0, 0.1) is 17.1 Å². The zero-order chi connectivity index (χ0) is 14.5. The topological polar surface area (TPSA) is 52.9 Å². The Morgan fingerprint density at radius 1 is 1.45 bits per heavy atom. The molecule has 1 unspecified atom stereocenters. The normalized spacial score (nSPS) is 18.6. The summed E-state index contributed by atoms with van der Waals surface area (Å²) >= 11 is 1.49. The van der Waals surface area contributed by atoms with Gasteiger partial charge in [-0.05, 0) is 29.9 Å². The third-order valence-corrected chi connectivity index (χ3v) is 4.30. The Labute approximate surface area is 121 Å². The molecular formula is C15H15FN2OS. The Balaban J connectivity index is 2.37. The molecule has 0 aromatic heterocycles. The van der Waals surface area contributed by atoms with Crippen LogP contribution in [-0.2, 0) is 4.79 Å². The molecule has 1 heterocycles. The van der Waals surface area contributed by atoms with Gasteiger partial charge in [0.2, 0.25) is 5.91 Å². The molecule has 1 aliphatic heterocycles.